The first kappa shape index (κ1) is 8.27. The van der Waals surface area contributed by atoms with Gasteiger partial charge in [0.1, 0.15) is 0 Å². The molecule has 1 aliphatic carbocycles. The summed E-state index contributed by atoms with van der Waals surface area (Å²) < 4.78 is 0. The minimum absolute atomic E-state index is 0.317. The van der Waals surface area contributed by atoms with Gasteiger partial charge in [-0.1, -0.05) is 29.3 Å². The van der Waals surface area contributed by atoms with Gasteiger partial charge in [0.15, 0.2) is 10.7 Å². The summed E-state index contributed by atoms with van der Waals surface area (Å²) in [6.45, 7) is 0. The van der Waals surface area contributed by atoms with Crippen LogP contribution in [0.1, 0.15) is 19.3 Å². The number of allylic oxidation sites excluding steroid dienone is 1. The van der Waals surface area contributed by atoms with Crippen LogP contribution in [-0.2, 0) is 0 Å². The van der Waals surface area contributed by atoms with Gasteiger partial charge in [0.2, 0.25) is 0 Å². The second kappa shape index (κ2) is 3.19. The number of halogens is 2. The largest absolute Gasteiger partial charge is 0.170 e. The van der Waals surface area contributed by atoms with Crippen molar-refractivity contribution in [2.24, 2.45) is 10.2 Å². The molecule has 1 atom stereocenters. The van der Waals surface area contributed by atoms with Gasteiger partial charge in [-0.05, 0) is 30.4 Å². The van der Waals surface area contributed by atoms with E-state index in [0.29, 0.717) is 5.16 Å². The molecule has 0 saturated carbocycles. The molecule has 0 aromatic heterocycles. The second-order valence-electron chi connectivity index (χ2n) is 2.87. The van der Waals surface area contributed by atoms with Crippen molar-refractivity contribution in [3.8, 4) is 0 Å². The summed E-state index contributed by atoms with van der Waals surface area (Å²) in [4.78, 5) is 0. The Bertz CT molecular complexity index is 291. The average molecular weight is 203 g/mol. The van der Waals surface area contributed by atoms with Gasteiger partial charge < -0.3 is 0 Å². The molecule has 4 heteroatoms. The maximum absolute atomic E-state index is 5.93. The lowest BCUT2D eigenvalue weighted by molar-refractivity contribution is 0.749. The van der Waals surface area contributed by atoms with Gasteiger partial charge in [-0.2, -0.15) is 5.11 Å². The third kappa shape index (κ3) is 1.29. The lowest BCUT2D eigenvalue weighted by Crippen LogP contribution is -2.10. The Morgan fingerprint density at radius 2 is 2.33 bits per heavy atom. The first-order valence-corrected chi connectivity index (χ1v) is 4.74. The predicted molar refractivity (Wildman–Crippen MR) is 49.3 cm³/mol. The zero-order valence-corrected chi connectivity index (χ0v) is 7.94. The fourth-order valence-corrected chi connectivity index (χ4v) is 2.00. The van der Waals surface area contributed by atoms with Crippen molar-refractivity contribution >= 4 is 23.2 Å². The quantitative estimate of drug-likeness (QED) is 0.424. The van der Waals surface area contributed by atoms with Crippen LogP contribution in [0.25, 0.3) is 0 Å². The van der Waals surface area contributed by atoms with Gasteiger partial charge in [0.25, 0.3) is 0 Å². The number of alkyl halides is 1. The van der Waals surface area contributed by atoms with Gasteiger partial charge in [-0.25, -0.2) is 0 Å². The van der Waals surface area contributed by atoms with Gasteiger partial charge in [0.05, 0.1) is 0 Å². The molecule has 0 fully saturated rings. The van der Waals surface area contributed by atoms with Crippen molar-refractivity contribution in [3.05, 3.63) is 22.4 Å². The van der Waals surface area contributed by atoms with Crippen molar-refractivity contribution < 1.29 is 0 Å². The van der Waals surface area contributed by atoms with Crippen LogP contribution in [0.4, 0.5) is 0 Å². The fraction of sp³-hybridized carbons (Fsp3) is 0.500. The lowest BCUT2D eigenvalue weighted by atomic mass is 9.93. The number of azo groups is 1. The standard InChI is InChI=1S/C8H8Cl2N2/c9-7-5-3-1-2-4-6(5)8(10)12-11-7/h3,7H,1-2,4H2. The molecule has 2 rings (SSSR count). The zero-order valence-electron chi connectivity index (χ0n) is 6.43. The van der Waals surface area contributed by atoms with Crippen LogP contribution >= 0.6 is 23.2 Å². The minimum Gasteiger partial charge on any atom is -0.163 e. The molecule has 0 amide bonds. The molecule has 1 unspecified atom stereocenters. The van der Waals surface area contributed by atoms with E-state index >= 15 is 0 Å². The molecule has 0 radical (unpaired) electrons. The van der Waals surface area contributed by atoms with Crippen LogP contribution in [0, 0.1) is 0 Å². The van der Waals surface area contributed by atoms with E-state index < -0.39 is 0 Å². The molecule has 1 heterocycles. The first-order chi connectivity index (χ1) is 5.79. The van der Waals surface area contributed by atoms with Crippen molar-refractivity contribution in [3.63, 3.8) is 0 Å². The summed E-state index contributed by atoms with van der Waals surface area (Å²) in [5.74, 6) is 0. The van der Waals surface area contributed by atoms with Crippen LogP contribution in [0.3, 0.4) is 0 Å². The first-order valence-electron chi connectivity index (χ1n) is 3.93. The Labute approximate surface area is 81.0 Å². The highest BCUT2D eigenvalue weighted by Crippen LogP contribution is 2.36. The molecule has 1 aliphatic heterocycles. The zero-order chi connectivity index (χ0) is 8.55. The summed E-state index contributed by atoms with van der Waals surface area (Å²) in [6.07, 6.45) is 5.29. The third-order valence-electron chi connectivity index (χ3n) is 2.10. The number of hydrogen-bond acceptors (Lipinski definition) is 2. The molecule has 0 spiro atoms. The molecular weight excluding hydrogens is 195 g/mol. The molecule has 0 N–H and O–H groups in total. The molecule has 0 aromatic rings. The highest BCUT2D eigenvalue weighted by Gasteiger charge is 2.23. The minimum atomic E-state index is -0.317. The van der Waals surface area contributed by atoms with Gasteiger partial charge >= 0.3 is 0 Å². The van der Waals surface area contributed by atoms with E-state index in [1.807, 2.05) is 0 Å². The Morgan fingerprint density at radius 1 is 1.50 bits per heavy atom. The third-order valence-corrected chi connectivity index (χ3v) is 2.72. The van der Waals surface area contributed by atoms with Crippen molar-refractivity contribution in [1.82, 2.24) is 0 Å². The van der Waals surface area contributed by atoms with Crippen LogP contribution < -0.4 is 0 Å². The number of fused-ring (bicyclic) bond motifs is 1. The maximum atomic E-state index is 5.93. The molecular formula is C8H8Cl2N2. The smallest absolute Gasteiger partial charge is 0.163 e. The molecule has 2 aliphatic rings. The summed E-state index contributed by atoms with van der Waals surface area (Å²) in [5.41, 5.74) is 1.82. The van der Waals surface area contributed by atoms with E-state index in [2.05, 4.69) is 16.3 Å². The Balaban J connectivity index is 2.44. The Morgan fingerprint density at radius 3 is 3.08 bits per heavy atom. The van der Waals surface area contributed by atoms with Crippen molar-refractivity contribution in [1.29, 1.82) is 0 Å². The molecule has 64 valence electrons. The van der Waals surface area contributed by atoms with Crippen LogP contribution in [-0.4, -0.2) is 5.50 Å². The highest BCUT2D eigenvalue weighted by molar-refractivity contribution is 6.30. The van der Waals surface area contributed by atoms with Gasteiger partial charge in [-0.3, -0.25) is 0 Å². The van der Waals surface area contributed by atoms with E-state index in [-0.39, 0.29) is 5.50 Å². The lowest BCUT2D eigenvalue weighted by Gasteiger charge is -2.21. The van der Waals surface area contributed by atoms with Crippen LogP contribution in [0.5, 0.6) is 0 Å². The van der Waals surface area contributed by atoms with Gasteiger partial charge in [0, 0.05) is 0 Å². The summed E-state index contributed by atoms with van der Waals surface area (Å²) >= 11 is 11.8. The maximum Gasteiger partial charge on any atom is 0.170 e. The highest BCUT2D eigenvalue weighted by atomic mass is 35.5. The molecule has 2 nitrogen and oxygen atoms in total. The van der Waals surface area contributed by atoms with E-state index in [9.17, 15) is 0 Å². The molecule has 0 aromatic carbocycles. The van der Waals surface area contributed by atoms with Crippen molar-refractivity contribution in [2.45, 2.75) is 24.8 Å². The fourth-order valence-electron chi connectivity index (χ4n) is 1.49. The van der Waals surface area contributed by atoms with Crippen LogP contribution in [0.15, 0.2) is 32.6 Å². The summed E-state index contributed by atoms with van der Waals surface area (Å²) in [6, 6.07) is 0. The second-order valence-corrected chi connectivity index (χ2v) is 3.64. The van der Waals surface area contributed by atoms with E-state index in [0.717, 1.165) is 30.4 Å². The normalized spacial score (nSPS) is 28.5. The average Bonchev–Trinajstić information content (AvgIpc) is 2.12. The number of hydrogen-bond donors (Lipinski definition) is 0. The Hall–Kier alpha value is -0.340. The van der Waals surface area contributed by atoms with Crippen LogP contribution in [0.2, 0.25) is 0 Å². The molecule has 12 heavy (non-hydrogen) atoms. The van der Waals surface area contributed by atoms with E-state index in [1.165, 1.54) is 0 Å². The number of nitrogens with zero attached hydrogens (tertiary/aromatic N) is 2. The monoisotopic (exact) mass is 202 g/mol. The molecule has 0 saturated heterocycles. The summed E-state index contributed by atoms with van der Waals surface area (Å²) in [5, 5.41) is 8.13. The Kier molecular flexibility index (Phi) is 2.20. The summed E-state index contributed by atoms with van der Waals surface area (Å²) in [7, 11) is 0. The molecule has 0 bridgehead atoms. The van der Waals surface area contributed by atoms with Crippen molar-refractivity contribution in [2.75, 3.05) is 0 Å². The predicted octanol–water partition coefficient (Wildman–Crippen LogP) is 3.58. The van der Waals surface area contributed by atoms with Gasteiger partial charge in [-0.15, -0.1) is 5.11 Å². The SMILES string of the molecule is ClC1=C2CCCC=C2C(Cl)N=N1. The topological polar surface area (TPSA) is 24.7 Å². The van der Waals surface area contributed by atoms with E-state index in [1.54, 1.807) is 0 Å². The van der Waals surface area contributed by atoms with E-state index in [4.69, 9.17) is 23.2 Å². The number of rotatable bonds is 0.